The average Bonchev–Trinajstić information content (AvgIpc) is 2.29. The van der Waals surface area contributed by atoms with Gasteiger partial charge < -0.3 is 4.74 Å². The molecule has 0 atom stereocenters. The number of hydrogen-bond donors (Lipinski definition) is 0. The van der Waals surface area contributed by atoms with E-state index in [-0.39, 0.29) is 5.97 Å². The summed E-state index contributed by atoms with van der Waals surface area (Å²) < 4.78 is 4.67. The zero-order valence-electron chi connectivity index (χ0n) is 8.03. The summed E-state index contributed by atoms with van der Waals surface area (Å²) in [5.74, 6) is -0.385. The monoisotopic (exact) mass is 221 g/mol. The maximum absolute atomic E-state index is 11.4. The van der Waals surface area contributed by atoms with Crippen LogP contribution >= 0.6 is 11.6 Å². The molecule has 0 radical (unpaired) electrons. The molecule has 2 aromatic rings. The van der Waals surface area contributed by atoms with E-state index >= 15 is 0 Å². The van der Waals surface area contributed by atoms with Gasteiger partial charge in [0, 0.05) is 28.2 Å². The number of rotatable bonds is 1. The van der Waals surface area contributed by atoms with E-state index in [9.17, 15) is 4.79 Å². The molecule has 2 rings (SSSR count). The zero-order valence-corrected chi connectivity index (χ0v) is 8.78. The number of methoxy groups -OCH3 is 1. The van der Waals surface area contributed by atoms with E-state index in [1.165, 1.54) is 7.11 Å². The van der Waals surface area contributed by atoms with Crippen molar-refractivity contribution in [2.75, 3.05) is 7.11 Å². The molecule has 0 saturated heterocycles. The molecular formula is C11H8ClNO2. The largest absolute Gasteiger partial charge is 0.465 e. The van der Waals surface area contributed by atoms with Crippen LogP contribution in [-0.4, -0.2) is 18.1 Å². The summed E-state index contributed by atoms with van der Waals surface area (Å²) in [5.41, 5.74) is 0.477. The third-order valence-corrected chi connectivity index (χ3v) is 2.50. The van der Waals surface area contributed by atoms with E-state index in [0.29, 0.717) is 16.0 Å². The van der Waals surface area contributed by atoms with Crippen LogP contribution in [-0.2, 0) is 4.74 Å². The minimum atomic E-state index is -0.385. The van der Waals surface area contributed by atoms with Gasteiger partial charge in [0.25, 0.3) is 0 Å². The maximum Gasteiger partial charge on any atom is 0.338 e. The fraction of sp³-hybridized carbons (Fsp3) is 0.0909. The molecule has 3 nitrogen and oxygen atoms in total. The fourth-order valence-electron chi connectivity index (χ4n) is 1.44. The van der Waals surface area contributed by atoms with Gasteiger partial charge in [-0.2, -0.15) is 0 Å². The number of pyridine rings is 1. The molecule has 15 heavy (non-hydrogen) atoms. The van der Waals surface area contributed by atoms with Gasteiger partial charge >= 0.3 is 5.97 Å². The maximum atomic E-state index is 11.4. The number of aromatic nitrogens is 1. The summed E-state index contributed by atoms with van der Waals surface area (Å²) in [7, 11) is 1.35. The Balaban J connectivity index is 2.77. The molecule has 0 saturated carbocycles. The quantitative estimate of drug-likeness (QED) is 0.695. The molecule has 0 bridgehead atoms. The Labute approximate surface area is 91.6 Å². The standard InChI is InChI=1S/C11H8ClNO2/c1-15-11(14)8-2-3-10(12)7-4-5-13-6-9(7)8/h2-6H,1H3. The van der Waals surface area contributed by atoms with Crippen LogP contribution in [0.1, 0.15) is 10.4 Å². The molecule has 0 unspecified atom stereocenters. The fourth-order valence-corrected chi connectivity index (χ4v) is 1.67. The highest BCUT2D eigenvalue weighted by molar-refractivity contribution is 6.36. The van der Waals surface area contributed by atoms with Crippen LogP contribution in [0.4, 0.5) is 0 Å². The van der Waals surface area contributed by atoms with Gasteiger partial charge in [-0.05, 0) is 18.2 Å². The first-order chi connectivity index (χ1) is 7.24. The molecule has 1 aromatic heterocycles. The summed E-state index contributed by atoms with van der Waals surface area (Å²) in [6, 6.07) is 5.08. The van der Waals surface area contributed by atoms with Crippen LogP contribution in [0, 0.1) is 0 Å². The van der Waals surface area contributed by atoms with E-state index in [1.807, 2.05) is 0 Å². The molecule has 76 valence electrons. The molecule has 0 amide bonds. The number of benzene rings is 1. The molecule has 0 aliphatic rings. The molecule has 0 N–H and O–H groups in total. The zero-order chi connectivity index (χ0) is 10.8. The lowest BCUT2D eigenvalue weighted by atomic mass is 10.1. The lowest BCUT2D eigenvalue weighted by Gasteiger charge is -2.05. The number of fused-ring (bicyclic) bond motifs is 1. The summed E-state index contributed by atoms with van der Waals surface area (Å²) in [6.07, 6.45) is 3.24. The van der Waals surface area contributed by atoms with Crippen molar-refractivity contribution in [3.63, 3.8) is 0 Å². The van der Waals surface area contributed by atoms with E-state index < -0.39 is 0 Å². The first-order valence-corrected chi connectivity index (χ1v) is 4.72. The van der Waals surface area contributed by atoms with Gasteiger partial charge in [0.1, 0.15) is 0 Å². The predicted octanol–water partition coefficient (Wildman–Crippen LogP) is 2.67. The number of hydrogen-bond acceptors (Lipinski definition) is 3. The highest BCUT2D eigenvalue weighted by atomic mass is 35.5. The molecule has 0 spiro atoms. The van der Waals surface area contributed by atoms with Crippen LogP contribution in [0.5, 0.6) is 0 Å². The van der Waals surface area contributed by atoms with Crippen molar-refractivity contribution in [1.29, 1.82) is 0 Å². The molecule has 0 aliphatic heterocycles. The second-order valence-corrected chi connectivity index (χ2v) is 3.41. The van der Waals surface area contributed by atoms with Crippen molar-refractivity contribution in [3.05, 3.63) is 41.2 Å². The van der Waals surface area contributed by atoms with E-state index in [2.05, 4.69) is 9.72 Å². The highest BCUT2D eigenvalue weighted by Gasteiger charge is 2.11. The van der Waals surface area contributed by atoms with E-state index in [1.54, 1.807) is 30.6 Å². The van der Waals surface area contributed by atoms with Crippen molar-refractivity contribution < 1.29 is 9.53 Å². The third-order valence-electron chi connectivity index (χ3n) is 2.17. The number of ether oxygens (including phenoxy) is 1. The summed E-state index contributed by atoms with van der Waals surface area (Å²) in [6.45, 7) is 0. The van der Waals surface area contributed by atoms with E-state index in [0.717, 1.165) is 5.39 Å². The van der Waals surface area contributed by atoms with Gasteiger partial charge in [0.2, 0.25) is 0 Å². The first-order valence-electron chi connectivity index (χ1n) is 4.34. The minimum Gasteiger partial charge on any atom is -0.465 e. The second-order valence-electron chi connectivity index (χ2n) is 3.01. The van der Waals surface area contributed by atoms with Crippen molar-refractivity contribution in [1.82, 2.24) is 4.98 Å². The van der Waals surface area contributed by atoms with Gasteiger partial charge in [0.15, 0.2) is 0 Å². The molecule has 0 fully saturated rings. The average molecular weight is 222 g/mol. The van der Waals surface area contributed by atoms with Crippen molar-refractivity contribution >= 4 is 28.3 Å². The van der Waals surface area contributed by atoms with Crippen molar-refractivity contribution in [2.24, 2.45) is 0 Å². The number of nitrogens with zero attached hydrogens (tertiary/aromatic N) is 1. The predicted molar refractivity (Wildman–Crippen MR) is 58.1 cm³/mol. The SMILES string of the molecule is COC(=O)c1ccc(Cl)c2ccncc12. The highest BCUT2D eigenvalue weighted by Crippen LogP contribution is 2.25. The minimum absolute atomic E-state index is 0.385. The second kappa shape index (κ2) is 3.87. The molecule has 4 heteroatoms. The Morgan fingerprint density at radius 1 is 1.33 bits per heavy atom. The summed E-state index contributed by atoms with van der Waals surface area (Å²) in [5, 5.41) is 2.10. The van der Waals surface area contributed by atoms with Gasteiger partial charge in [0.05, 0.1) is 12.7 Å². The van der Waals surface area contributed by atoms with Crippen molar-refractivity contribution in [2.45, 2.75) is 0 Å². The smallest absolute Gasteiger partial charge is 0.338 e. The lowest BCUT2D eigenvalue weighted by Crippen LogP contribution is -2.02. The van der Waals surface area contributed by atoms with Gasteiger partial charge in [-0.25, -0.2) is 4.79 Å². The van der Waals surface area contributed by atoms with E-state index in [4.69, 9.17) is 11.6 Å². The Morgan fingerprint density at radius 2 is 2.13 bits per heavy atom. The topological polar surface area (TPSA) is 39.2 Å². The Kier molecular flexibility index (Phi) is 2.56. The Bertz CT molecular complexity index is 525. The number of esters is 1. The summed E-state index contributed by atoms with van der Waals surface area (Å²) in [4.78, 5) is 15.4. The van der Waals surface area contributed by atoms with Crippen molar-refractivity contribution in [3.8, 4) is 0 Å². The first kappa shape index (κ1) is 9.93. The van der Waals surface area contributed by atoms with Crippen LogP contribution in [0.2, 0.25) is 5.02 Å². The molecule has 0 aliphatic carbocycles. The Morgan fingerprint density at radius 3 is 2.87 bits per heavy atom. The van der Waals surface area contributed by atoms with Gasteiger partial charge in [-0.1, -0.05) is 11.6 Å². The normalized spacial score (nSPS) is 10.3. The third kappa shape index (κ3) is 1.66. The van der Waals surface area contributed by atoms with Gasteiger partial charge in [-0.15, -0.1) is 0 Å². The van der Waals surface area contributed by atoms with Crippen LogP contribution in [0.25, 0.3) is 10.8 Å². The van der Waals surface area contributed by atoms with Crippen LogP contribution in [0.3, 0.4) is 0 Å². The molecular weight excluding hydrogens is 214 g/mol. The Hall–Kier alpha value is -1.61. The summed E-state index contributed by atoms with van der Waals surface area (Å²) >= 11 is 6.00. The number of halogens is 1. The molecule has 1 aromatic carbocycles. The number of carbonyl (C=O) groups excluding carboxylic acids is 1. The number of carbonyl (C=O) groups is 1. The molecule has 1 heterocycles. The van der Waals surface area contributed by atoms with Crippen LogP contribution < -0.4 is 0 Å². The lowest BCUT2D eigenvalue weighted by molar-refractivity contribution is 0.0603. The van der Waals surface area contributed by atoms with Gasteiger partial charge in [-0.3, -0.25) is 4.98 Å². The van der Waals surface area contributed by atoms with Crippen LogP contribution in [0.15, 0.2) is 30.6 Å².